The minimum Gasteiger partial charge on any atom is -0.422 e. The van der Waals surface area contributed by atoms with Crippen LogP contribution in [0.25, 0.3) is 12.2 Å². The summed E-state index contributed by atoms with van der Waals surface area (Å²) in [5.41, 5.74) is 5.79. The maximum Gasteiger partial charge on any atom is 0.521 e. The molecule has 0 saturated carbocycles. The van der Waals surface area contributed by atoms with Crippen LogP contribution in [0, 0.1) is 0 Å². The molecule has 6 bridgehead atoms. The number of hydrogen-bond donors (Lipinski definition) is 0. The van der Waals surface area contributed by atoms with Crippen molar-refractivity contribution >= 4 is 179 Å². The fraction of sp³-hybridized carbons (Fsp3) is 0.0492. The Bertz CT molecular complexity index is 3890. The molecule has 14 nitrogen and oxygen atoms in total. The molecule has 0 spiro atoms. The third-order valence-corrected chi connectivity index (χ3v) is 56.4. The second kappa shape index (κ2) is 26.1. The summed E-state index contributed by atoms with van der Waals surface area (Å²) < 4.78 is 116. The van der Waals surface area contributed by atoms with Gasteiger partial charge in [-0.15, -0.1) is 0 Å². The highest BCUT2D eigenvalue weighted by Crippen LogP contribution is 2.41. The van der Waals surface area contributed by atoms with Gasteiger partial charge in [-0.1, -0.05) is 281 Å². The third kappa shape index (κ3) is 13.0. The van der Waals surface area contributed by atoms with E-state index in [1.54, 1.807) is 0 Å². The highest BCUT2D eigenvalue weighted by molar-refractivity contribution is 9.10. The van der Waals surface area contributed by atoms with Crippen molar-refractivity contribution in [2.24, 2.45) is 0 Å². The van der Waals surface area contributed by atoms with Crippen LogP contribution in [-0.4, -0.2) is 105 Å². The molecule has 4 aliphatic heterocycles. The van der Waals surface area contributed by atoms with Crippen molar-refractivity contribution in [2.45, 2.75) is 13.1 Å². The van der Waals surface area contributed by atoms with Crippen LogP contribution >= 0.6 is 31.9 Å². The second-order valence-corrected chi connectivity index (χ2v) is 52.8. The molecule has 9 aromatic rings. The lowest BCUT2D eigenvalue weighted by Gasteiger charge is -2.53. The molecular formula is C61H60Br2O14Si11. The van der Waals surface area contributed by atoms with Crippen LogP contribution < -0.4 is 36.3 Å². The molecule has 88 heavy (non-hydrogen) atoms. The Kier molecular flexibility index (Phi) is 18.4. The van der Waals surface area contributed by atoms with Crippen molar-refractivity contribution in [3.8, 4) is 0 Å². The van der Waals surface area contributed by atoms with Gasteiger partial charge in [-0.05, 0) is 65.1 Å². The van der Waals surface area contributed by atoms with Gasteiger partial charge in [-0.25, -0.2) is 0 Å². The quantitative estimate of drug-likeness (QED) is 0.121. The fourth-order valence-electron chi connectivity index (χ4n) is 10.7. The van der Waals surface area contributed by atoms with Crippen LogP contribution in [-0.2, 0) is 57.9 Å². The summed E-state index contributed by atoms with van der Waals surface area (Å²) in [6.07, 6.45) is 3.85. The summed E-state index contributed by atoms with van der Waals surface area (Å²) in [6, 6.07) is 84.6. The minimum absolute atomic E-state index is 0.108. The van der Waals surface area contributed by atoms with Crippen molar-refractivity contribution in [1.82, 2.24) is 0 Å². The van der Waals surface area contributed by atoms with Gasteiger partial charge >= 0.3 is 88.5 Å². The van der Waals surface area contributed by atoms with Gasteiger partial charge in [0, 0.05) is 40.1 Å². The molecule has 0 aliphatic carbocycles. The van der Waals surface area contributed by atoms with E-state index in [1.165, 1.54) is 0 Å². The van der Waals surface area contributed by atoms with Crippen LogP contribution in [0.4, 0.5) is 0 Å². The number of hydrogen-bond acceptors (Lipinski definition) is 14. The standard InChI is InChI=1S/C61H60Br2O14Si11/c1-81(48-46-51-38-42-53(62)43-39-51)66-79-50-64-83(56-26-12-4-13-27-56)68-80(55-24-10-3-11-25-55)69-86(59-32-18-7-19-33-59)71-82(2,49-47-52-40-44-54(63)45-41-52)72-87(73-83,60-34-20-8-21-35-60)75-85(67-79,58-30-16-6-17-31-58)76-88(77-86,61-36-22-9-23-37-61)74-84(65-78,70-81)57-28-14-5-15-29-57/h3-49,79-80H,50H2,1-2,78H3/b48-46+,49-47+. The molecule has 0 aromatic heterocycles. The molecule has 4 heterocycles. The summed E-state index contributed by atoms with van der Waals surface area (Å²) in [5.74, 6) is 0. The van der Waals surface area contributed by atoms with Gasteiger partial charge in [0.25, 0.3) is 0 Å². The first-order valence-corrected chi connectivity index (χ1v) is 49.4. The first-order valence-electron chi connectivity index (χ1n) is 28.5. The summed E-state index contributed by atoms with van der Waals surface area (Å²) in [7, 11) is -44.9. The average Bonchev–Trinajstić information content (AvgIpc) is 0.992. The predicted octanol–water partition coefficient (Wildman–Crippen LogP) is 6.69. The Morgan fingerprint density at radius 1 is 0.364 bits per heavy atom. The number of halogens is 2. The lowest BCUT2D eigenvalue weighted by Crippen LogP contribution is -2.85. The van der Waals surface area contributed by atoms with Gasteiger partial charge in [-0.2, -0.15) is 0 Å². The summed E-state index contributed by atoms with van der Waals surface area (Å²) >= 11 is 7.30. The van der Waals surface area contributed by atoms with Crippen LogP contribution in [0.1, 0.15) is 11.1 Å². The largest absolute Gasteiger partial charge is 0.521 e. The molecule has 9 aromatic carbocycles. The highest BCUT2D eigenvalue weighted by atomic mass is 79.9. The molecule has 10 atom stereocenters. The molecule has 4 aliphatic rings. The van der Waals surface area contributed by atoms with Crippen LogP contribution in [0.3, 0.4) is 0 Å². The summed E-state index contributed by atoms with van der Waals surface area (Å²) in [5, 5.41) is 4.15. The van der Waals surface area contributed by atoms with Crippen molar-refractivity contribution in [1.29, 1.82) is 0 Å². The average molecular weight is 1490 g/mol. The molecule has 4 fully saturated rings. The van der Waals surface area contributed by atoms with E-state index in [0.717, 1.165) is 25.3 Å². The van der Waals surface area contributed by atoms with Crippen molar-refractivity contribution in [3.63, 3.8) is 0 Å². The zero-order chi connectivity index (χ0) is 60.3. The first kappa shape index (κ1) is 62.1. The monoisotopic (exact) mass is 1480 g/mol. The molecule has 0 amide bonds. The van der Waals surface area contributed by atoms with Gasteiger partial charge in [0.2, 0.25) is 0 Å². The zero-order valence-electron chi connectivity index (χ0n) is 48.0. The van der Waals surface area contributed by atoms with E-state index in [4.69, 9.17) is 57.9 Å². The van der Waals surface area contributed by atoms with Crippen molar-refractivity contribution in [2.75, 3.05) is 6.23 Å². The van der Waals surface area contributed by atoms with Crippen LogP contribution in [0.2, 0.25) is 13.1 Å². The maximum absolute atomic E-state index is 8.60. The Labute approximate surface area is 544 Å². The maximum atomic E-state index is 8.60. The fourth-order valence-corrected chi connectivity index (χ4v) is 61.8. The normalized spacial score (nSPS) is 31.0. The smallest absolute Gasteiger partial charge is 0.422 e. The van der Waals surface area contributed by atoms with Gasteiger partial charge in [-0.3, -0.25) is 0 Å². The topological polar surface area (TPSA) is 129 Å². The first-order chi connectivity index (χ1) is 42.8. The SMILES string of the molecule is C[Si]1(/C=C/c2ccc(Br)cc2)O[SiH]2CO[Si]3(c4ccccc4)O[SiH](c4ccccc4)O[Si]4(c5ccccc5)O[Si](C)(/C=C/c5ccc(Br)cc5)O[Si](c5ccccc5)(O3)O[Si](c3ccccc3)(O2)O[Si](c2ccccc2)(O[Si](O[SiH3])(c2ccccc2)O1)O4. The van der Waals surface area contributed by atoms with E-state index in [2.05, 4.69) is 31.9 Å². The van der Waals surface area contributed by atoms with Crippen molar-refractivity contribution in [3.05, 3.63) is 292 Å². The Morgan fingerprint density at radius 2 is 0.716 bits per heavy atom. The number of rotatable bonds is 12. The Hall–Kier alpha value is -4.75. The number of benzene rings is 9. The number of fused-ring (bicyclic) bond motifs is 6. The molecule has 0 N–H and O–H groups in total. The van der Waals surface area contributed by atoms with E-state index in [9.17, 15) is 0 Å². The predicted molar refractivity (Wildman–Crippen MR) is 371 cm³/mol. The summed E-state index contributed by atoms with van der Waals surface area (Å²) in [4.78, 5) is 0. The molecule has 0 radical (unpaired) electrons. The molecule has 10 unspecified atom stereocenters. The Balaban J connectivity index is 1.23. The van der Waals surface area contributed by atoms with Gasteiger partial charge in [0.1, 0.15) is 10.5 Å². The van der Waals surface area contributed by atoms with E-state index < -0.39 is 88.5 Å². The lowest BCUT2D eigenvalue weighted by molar-refractivity contribution is 0.0914. The Morgan fingerprint density at radius 3 is 1.17 bits per heavy atom. The van der Waals surface area contributed by atoms with Crippen LogP contribution in [0.5, 0.6) is 0 Å². The summed E-state index contributed by atoms with van der Waals surface area (Å²) in [6.45, 7) is 3.98. The highest BCUT2D eigenvalue weighted by Gasteiger charge is 2.75. The molecule has 27 heteroatoms. The van der Waals surface area contributed by atoms with Gasteiger partial charge in [0.05, 0.1) is 6.23 Å². The van der Waals surface area contributed by atoms with E-state index in [-0.39, 0.29) is 16.7 Å². The van der Waals surface area contributed by atoms with E-state index in [0.29, 0.717) is 31.1 Å². The van der Waals surface area contributed by atoms with Crippen LogP contribution in [0.15, 0.2) is 281 Å². The zero-order valence-corrected chi connectivity index (χ0v) is 63.5. The molecule has 446 valence electrons. The van der Waals surface area contributed by atoms with E-state index >= 15 is 0 Å². The van der Waals surface area contributed by atoms with Crippen molar-refractivity contribution < 1.29 is 57.9 Å². The molecule has 13 rings (SSSR count). The lowest BCUT2D eigenvalue weighted by atomic mass is 10.2. The van der Waals surface area contributed by atoms with Gasteiger partial charge < -0.3 is 57.9 Å². The third-order valence-electron chi connectivity index (χ3n) is 14.9. The molecular weight excluding hydrogens is 1430 g/mol. The van der Waals surface area contributed by atoms with E-state index in [1.807, 2.05) is 297 Å². The molecule has 4 saturated heterocycles. The minimum atomic E-state index is -5.18. The second-order valence-electron chi connectivity index (χ2n) is 21.3. The van der Waals surface area contributed by atoms with Gasteiger partial charge in [0.15, 0.2) is 0 Å².